The molecule has 0 unspecified atom stereocenters. The molecule has 1 aliphatic rings. The standard InChI is InChI=1S/C12H17NO2/c1-3-13-9(2)6-10-4-5-11-12(7-10)15-8-14-11/h4-5,7,9,13H,3,6,8H2,1-2H3/t9-/m0/s1/i1D3,2D3,3D2,8D2. The van der Waals surface area contributed by atoms with Crippen molar-refractivity contribution in [2.24, 2.45) is 0 Å². The van der Waals surface area contributed by atoms with Gasteiger partial charge in [-0.15, -0.1) is 0 Å². The second-order valence-electron chi connectivity index (χ2n) is 3.09. The van der Waals surface area contributed by atoms with E-state index in [2.05, 4.69) is 5.32 Å². The molecule has 1 N–H and O–H groups in total. The van der Waals surface area contributed by atoms with E-state index in [0.717, 1.165) is 0 Å². The molecule has 1 aliphatic heterocycles. The summed E-state index contributed by atoms with van der Waals surface area (Å²) in [5.74, 6) is 0.246. The predicted molar refractivity (Wildman–Crippen MR) is 59.4 cm³/mol. The Morgan fingerprint density at radius 3 is 3.40 bits per heavy atom. The van der Waals surface area contributed by atoms with Crippen molar-refractivity contribution in [2.75, 3.05) is 13.2 Å². The van der Waals surface area contributed by atoms with Gasteiger partial charge in [0.05, 0.1) is 0 Å². The van der Waals surface area contributed by atoms with Crippen LogP contribution in [0.15, 0.2) is 18.2 Å². The second-order valence-corrected chi connectivity index (χ2v) is 3.09. The highest BCUT2D eigenvalue weighted by Gasteiger charge is 2.13. The van der Waals surface area contributed by atoms with Crippen LogP contribution in [0.4, 0.5) is 0 Å². The number of benzene rings is 1. The summed E-state index contributed by atoms with van der Waals surface area (Å²) in [7, 11) is 0. The van der Waals surface area contributed by atoms with E-state index in [9.17, 15) is 0 Å². The average Bonchev–Trinajstić information content (AvgIpc) is 2.68. The van der Waals surface area contributed by atoms with E-state index in [1.165, 1.54) is 18.2 Å². The fraction of sp³-hybridized carbons (Fsp3) is 0.500. The summed E-state index contributed by atoms with van der Waals surface area (Å²) in [4.78, 5) is 0. The van der Waals surface area contributed by atoms with Gasteiger partial charge in [-0.2, -0.15) is 0 Å². The van der Waals surface area contributed by atoms with Gasteiger partial charge in [-0.05, 0) is 37.5 Å². The maximum atomic E-state index is 7.58. The summed E-state index contributed by atoms with van der Waals surface area (Å²) >= 11 is 0. The largest absolute Gasteiger partial charge is 0.454 e. The molecule has 1 atom stereocenters. The van der Waals surface area contributed by atoms with Gasteiger partial charge in [0.25, 0.3) is 0 Å². The Labute approximate surface area is 104 Å². The highest BCUT2D eigenvalue weighted by atomic mass is 16.7. The van der Waals surface area contributed by atoms with Crippen LogP contribution in [-0.2, 0) is 6.42 Å². The average molecular weight is 217 g/mol. The Balaban J connectivity index is 2.22. The van der Waals surface area contributed by atoms with Crippen LogP contribution in [-0.4, -0.2) is 19.3 Å². The third-order valence-electron chi connectivity index (χ3n) is 2.00. The van der Waals surface area contributed by atoms with Gasteiger partial charge < -0.3 is 14.8 Å². The highest BCUT2D eigenvalue weighted by Crippen LogP contribution is 2.32. The first-order chi connectivity index (χ1) is 11.1. The van der Waals surface area contributed by atoms with Gasteiger partial charge in [-0.25, -0.2) is 0 Å². The molecule has 1 aromatic carbocycles. The van der Waals surface area contributed by atoms with E-state index >= 15 is 0 Å². The first-order valence-electron chi connectivity index (χ1n) is 9.39. The number of nitrogens with one attached hydrogen (secondary N) is 1. The van der Waals surface area contributed by atoms with Crippen molar-refractivity contribution in [1.29, 1.82) is 0 Å². The zero-order chi connectivity index (χ0) is 19.3. The smallest absolute Gasteiger partial charge is 0.231 e. The lowest BCUT2D eigenvalue weighted by molar-refractivity contribution is 0.174. The Morgan fingerprint density at radius 1 is 1.60 bits per heavy atom. The third-order valence-corrected chi connectivity index (χ3v) is 2.00. The fourth-order valence-electron chi connectivity index (χ4n) is 1.33. The summed E-state index contributed by atoms with van der Waals surface area (Å²) in [6.07, 6.45) is -0.217. The van der Waals surface area contributed by atoms with Crippen LogP contribution >= 0.6 is 0 Å². The SMILES string of the molecule is [2H]C1([2H])Oc2ccc(C[C@@H](NC([2H])([2H])C([2H])([2H])[2H])C([2H])([2H])[2H])cc2O1. The normalized spacial score (nSPS) is 31.2. The van der Waals surface area contributed by atoms with Crippen molar-refractivity contribution in [3.63, 3.8) is 0 Å². The highest BCUT2D eigenvalue weighted by molar-refractivity contribution is 5.44. The number of hydrogen-bond acceptors (Lipinski definition) is 3. The maximum absolute atomic E-state index is 7.58. The summed E-state index contributed by atoms with van der Waals surface area (Å²) in [5.41, 5.74) is 0.398. The molecule has 0 saturated carbocycles. The molecule has 0 radical (unpaired) electrons. The maximum Gasteiger partial charge on any atom is 0.231 e. The van der Waals surface area contributed by atoms with Gasteiger partial charge in [0.2, 0.25) is 6.75 Å². The molecule has 15 heavy (non-hydrogen) atoms. The molecule has 0 spiro atoms. The molecule has 2 rings (SSSR count). The molecule has 0 bridgehead atoms. The molecular formula is C12H17NO2. The topological polar surface area (TPSA) is 30.5 Å². The Morgan fingerprint density at radius 2 is 2.53 bits per heavy atom. The third kappa shape index (κ3) is 2.42. The van der Waals surface area contributed by atoms with Crippen molar-refractivity contribution in [1.82, 2.24) is 5.32 Å². The minimum atomic E-state index is -3.04. The van der Waals surface area contributed by atoms with E-state index in [-0.39, 0.29) is 17.9 Å². The number of likely N-dealkylation sites (N-methyl/N-ethyl adjacent to an activating group) is 1. The summed E-state index contributed by atoms with van der Waals surface area (Å²) in [5, 5.41) is 2.07. The molecule has 1 aromatic rings. The van der Waals surface area contributed by atoms with Crippen LogP contribution in [0.25, 0.3) is 0 Å². The first kappa shape index (κ1) is 3.67. The van der Waals surface area contributed by atoms with E-state index in [1.807, 2.05) is 0 Å². The second kappa shape index (κ2) is 4.53. The van der Waals surface area contributed by atoms with Crippen LogP contribution in [0.2, 0.25) is 0 Å². The lowest BCUT2D eigenvalue weighted by Gasteiger charge is -2.12. The van der Waals surface area contributed by atoms with Crippen molar-refractivity contribution in [3.05, 3.63) is 23.8 Å². The molecule has 0 amide bonds. The van der Waals surface area contributed by atoms with Crippen molar-refractivity contribution in [3.8, 4) is 11.5 Å². The first-order valence-corrected chi connectivity index (χ1v) is 4.39. The number of hydrogen-bond donors (Lipinski definition) is 1. The molecular weight excluding hydrogens is 190 g/mol. The molecule has 82 valence electrons. The number of rotatable bonds is 4. The quantitative estimate of drug-likeness (QED) is 0.836. The molecule has 3 heteroatoms. The van der Waals surface area contributed by atoms with Gasteiger partial charge in [0, 0.05) is 17.0 Å². The summed E-state index contributed by atoms with van der Waals surface area (Å²) < 4.78 is 84.0. The summed E-state index contributed by atoms with van der Waals surface area (Å²) in [6, 6.07) is 2.80. The van der Waals surface area contributed by atoms with Crippen LogP contribution in [0, 0.1) is 0 Å². The minimum Gasteiger partial charge on any atom is -0.454 e. The van der Waals surface area contributed by atoms with E-state index in [0.29, 0.717) is 5.56 Å². The van der Waals surface area contributed by atoms with Crippen LogP contribution < -0.4 is 14.8 Å². The monoisotopic (exact) mass is 217 g/mol. The van der Waals surface area contributed by atoms with Gasteiger partial charge in [0.15, 0.2) is 11.5 Å². The molecule has 0 saturated heterocycles. The van der Waals surface area contributed by atoms with Crippen molar-refractivity contribution < 1.29 is 23.2 Å². The van der Waals surface area contributed by atoms with Crippen LogP contribution in [0.5, 0.6) is 11.5 Å². The minimum absolute atomic E-state index is 0.0885. The van der Waals surface area contributed by atoms with Gasteiger partial charge in [0.1, 0.15) is 2.74 Å². The van der Waals surface area contributed by atoms with Crippen LogP contribution in [0.1, 0.15) is 33.0 Å². The zero-order valence-electron chi connectivity index (χ0n) is 17.8. The molecule has 1 heterocycles. The zero-order valence-corrected chi connectivity index (χ0v) is 7.83. The number of ether oxygens (including phenoxy) is 2. The predicted octanol–water partition coefficient (Wildman–Crippen LogP) is 1.96. The molecule has 0 aliphatic carbocycles. The molecule has 0 aromatic heterocycles. The fourth-order valence-corrected chi connectivity index (χ4v) is 1.33. The van der Waals surface area contributed by atoms with Crippen LogP contribution in [0.3, 0.4) is 0 Å². The van der Waals surface area contributed by atoms with E-state index < -0.39 is 33.0 Å². The van der Waals surface area contributed by atoms with E-state index in [1.54, 1.807) is 0 Å². The van der Waals surface area contributed by atoms with E-state index in [4.69, 9.17) is 23.2 Å². The van der Waals surface area contributed by atoms with Gasteiger partial charge >= 0.3 is 0 Å². The van der Waals surface area contributed by atoms with Crippen molar-refractivity contribution in [2.45, 2.75) is 26.2 Å². The number of fused-ring (bicyclic) bond motifs is 1. The van der Waals surface area contributed by atoms with Crippen molar-refractivity contribution >= 4 is 0 Å². The van der Waals surface area contributed by atoms with Gasteiger partial charge in [-0.3, -0.25) is 0 Å². The molecule has 0 fully saturated rings. The summed E-state index contributed by atoms with van der Waals surface area (Å²) in [6.45, 7) is -10.9. The van der Waals surface area contributed by atoms with Gasteiger partial charge in [-0.1, -0.05) is 12.9 Å². The lowest BCUT2D eigenvalue weighted by Crippen LogP contribution is -2.27. The lowest BCUT2D eigenvalue weighted by atomic mass is 10.1. The Hall–Kier alpha value is -1.22. The molecule has 3 nitrogen and oxygen atoms in total. The Kier molecular flexibility index (Phi) is 1.11. The Bertz CT molecular complexity index is 640.